The van der Waals surface area contributed by atoms with Crippen molar-refractivity contribution in [2.24, 2.45) is 0 Å². The quantitative estimate of drug-likeness (QED) is 0.482. The number of hydrogen-bond acceptors (Lipinski definition) is 4. The summed E-state index contributed by atoms with van der Waals surface area (Å²) in [5, 5.41) is 2.34. The molecule has 0 radical (unpaired) electrons. The number of alkyl halides is 3. The molecule has 3 aromatic rings. The smallest absolute Gasteiger partial charge is 0.416 e. The van der Waals surface area contributed by atoms with E-state index in [2.05, 4.69) is 16.2 Å². The second-order valence-electron chi connectivity index (χ2n) is 6.73. The summed E-state index contributed by atoms with van der Waals surface area (Å²) in [6, 6.07) is 15.0. The first-order chi connectivity index (χ1) is 15.2. The van der Waals surface area contributed by atoms with Gasteiger partial charge in [-0.05, 0) is 42.8 Å². The molecule has 3 rings (SSSR count). The SMILES string of the molecule is CC(NC(=O)NNC(=O)c1ccc(COc2ccccc2)o1)c1ccccc1C(F)(F)F. The Kier molecular flexibility index (Phi) is 7.04. The Morgan fingerprint density at radius 3 is 2.38 bits per heavy atom. The Morgan fingerprint density at radius 2 is 1.66 bits per heavy atom. The van der Waals surface area contributed by atoms with Gasteiger partial charge in [0.25, 0.3) is 0 Å². The van der Waals surface area contributed by atoms with E-state index in [-0.39, 0.29) is 17.9 Å². The number of halogens is 3. The number of rotatable bonds is 6. The molecule has 1 unspecified atom stereocenters. The number of hydrogen-bond donors (Lipinski definition) is 3. The van der Waals surface area contributed by atoms with E-state index >= 15 is 0 Å². The van der Waals surface area contributed by atoms with Crippen LogP contribution in [0, 0.1) is 0 Å². The molecule has 1 atom stereocenters. The molecule has 0 aliphatic heterocycles. The second kappa shape index (κ2) is 9.90. The van der Waals surface area contributed by atoms with Crippen molar-refractivity contribution < 1.29 is 31.9 Å². The zero-order valence-electron chi connectivity index (χ0n) is 16.9. The van der Waals surface area contributed by atoms with Crippen LogP contribution in [0.5, 0.6) is 5.75 Å². The maximum Gasteiger partial charge on any atom is 0.416 e. The summed E-state index contributed by atoms with van der Waals surface area (Å²) >= 11 is 0. The van der Waals surface area contributed by atoms with Crippen molar-refractivity contribution in [1.29, 1.82) is 0 Å². The maximum absolute atomic E-state index is 13.1. The lowest BCUT2D eigenvalue weighted by Crippen LogP contribution is -2.47. The van der Waals surface area contributed by atoms with Gasteiger partial charge in [-0.1, -0.05) is 36.4 Å². The summed E-state index contributed by atoms with van der Waals surface area (Å²) < 4.78 is 50.3. The molecule has 168 valence electrons. The zero-order valence-corrected chi connectivity index (χ0v) is 16.9. The summed E-state index contributed by atoms with van der Waals surface area (Å²) in [4.78, 5) is 24.2. The first-order valence-corrected chi connectivity index (χ1v) is 9.53. The number of para-hydroxylation sites is 1. The normalized spacial score (nSPS) is 12.0. The lowest BCUT2D eigenvalue weighted by atomic mass is 10.0. The fourth-order valence-electron chi connectivity index (χ4n) is 2.87. The van der Waals surface area contributed by atoms with Gasteiger partial charge in [0.15, 0.2) is 5.76 Å². The lowest BCUT2D eigenvalue weighted by Gasteiger charge is -2.19. The molecule has 0 aliphatic carbocycles. The topological polar surface area (TPSA) is 92.6 Å². The molecule has 0 aliphatic rings. The van der Waals surface area contributed by atoms with E-state index in [9.17, 15) is 22.8 Å². The Bertz CT molecular complexity index is 1070. The van der Waals surface area contributed by atoms with Gasteiger partial charge in [-0.3, -0.25) is 10.2 Å². The number of ether oxygens (including phenoxy) is 1. The third kappa shape index (κ3) is 6.03. The molecule has 10 heteroatoms. The van der Waals surface area contributed by atoms with E-state index in [1.165, 1.54) is 31.2 Å². The number of carbonyl (C=O) groups is 2. The molecule has 1 heterocycles. The summed E-state index contributed by atoms with van der Waals surface area (Å²) in [5.74, 6) is 0.206. The standard InChI is InChI=1S/C22H20F3N3O4/c1-14(17-9-5-6-10-18(17)22(23,24)25)26-21(30)28-27-20(29)19-12-11-16(32-19)13-31-15-7-3-2-4-8-15/h2-12,14H,13H2,1H3,(H,27,29)(H2,26,28,30). The molecule has 3 amide bonds. The monoisotopic (exact) mass is 447 g/mol. The largest absolute Gasteiger partial charge is 0.486 e. The number of hydrazine groups is 1. The average Bonchev–Trinajstić information content (AvgIpc) is 3.25. The molecule has 0 saturated heterocycles. The van der Waals surface area contributed by atoms with Gasteiger partial charge >= 0.3 is 18.1 Å². The van der Waals surface area contributed by atoms with E-state index in [1.807, 2.05) is 18.2 Å². The van der Waals surface area contributed by atoms with E-state index in [1.54, 1.807) is 18.2 Å². The van der Waals surface area contributed by atoms with Crippen molar-refractivity contribution in [2.45, 2.75) is 25.7 Å². The molecule has 7 nitrogen and oxygen atoms in total. The summed E-state index contributed by atoms with van der Waals surface area (Å²) in [5.41, 5.74) is 3.26. The van der Waals surface area contributed by atoms with Crippen LogP contribution in [0.3, 0.4) is 0 Å². The molecule has 32 heavy (non-hydrogen) atoms. The molecule has 0 saturated carbocycles. The second-order valence-corrected chi connectivity index (χ2v) is 6.73. The molecular formula is C22H20F3N3O4. The lowest BCUT2D eigenvalue weighted by molar-refractivity contribution is -0.138. The predicted molar refractivity (Wildman–Crippen MR) is 108 cm³/mol. The van der Waals surface area contributed by atoms with Crippen LogP contribution in [0.4, 0.5) is 18.0 Å². The number of urea groups is 1. The zero-order chi connectivity index (χ0) is 23.1. The van der Waals surface area contributed by atoms with Crippen LogP contribution in [0.2, 0.25) is 0 Å². The minimum atomic E-state index is -4.56. The van der Waals surface area contributed by atoms with Crippen molar-refractivity contribution in [2.75, 3.05) is 0 Å². The molecule has 0 spiro atoms. The van der Waals surface area contributed by atoms with E-state index in [0.717, 1.165) is 6.07 Å². The van der Waals surface area contributed by atoms with Crippen LogP contribution in [-0.2, 0) is 12.8 Å². The molecule has 0 bridgehead atoms. The van der Waals surface area contributed by atoms with Gasteiger partial charge in [-0.25, -0.2) is 10.2 Å². The third-order valence-corrected chi connectivity index (χ3v) is 4.38. The highest BCUT2D eigenvalue weighted by Crippen LogP contribution is 2.34. The number of nitrogens with one attached hydrogen (secondary N) is 3. The van der Waals surface area contributed by atoms with Gasteiger partial charge in [0.05, 0.1) is 11.6 Å². The van der Waals surface area contributed by atoms with Crippen LogP contribution in [0.1, 0.15) is 40.4 Å². The summed E-state index contributed by atoms with van der Waals surface area (Å²) in [6.45, 7) is 1.50. The number of amides is 3. The molecule has 2 aromatic carbocycles. The van der Waals surface area contributed by atoms with Gasteiger partial charge < -0.3 is 14.5 Å². The van der Waals surface area contributed by atoms with Gasteiger partial charge in [-0.15, -0.1) is 0 Å². The van der Waals surface area contributed by atoms with Gasteiger partial charge in [0, 0.05) is 0 Å². The van der Waals surface area contributed by atoms with Crippen LogP contribution in [-0.4, -0.2) is 11.9 Å². The first-order valence-electron chi connectivity index (χ1n) is 9.53. The Labute approximate surface area is 181 Å². The van der Waals surface area contributed by atoms with Gasteiger partial charge in [-0.2, -0.15) is 13.2 Å². The Balaban J connectivity index is 1.50. The third-order valence-electron chi connectivity index (χ3n) is 4.38. The summed E-state index contributed by atoms with van der Waals surface area (Å²) in [6.07, 6.45) is -4.56. The van der Waals surface area contributed by atoms with Gasteiger partial charge in [0.1, 0.15) is 18.1 Å². The maximum atomic E-state index is 13.1. The number of furan rings is 1. The van der Waals surface area contributed by atoms with E-state index in [4.69, 9.17) is 9.15 Å². The van der Waals surface area contributed by atoms with Crippen molar-refractivity contribution in [1.82, 2.24) is 16.2 Å². The minimum absolute atomic E-state index is 0.0765. The highest BCUT2D eigenvalue weighted by Gasteiger charge is 2.34. The molecule has 3 N–H and O–H groups in total. The fraction of sp³-hybridized carbons (Fsp3) is 0.182. The predicted octanol–water partition coefficient (Wildman–Crippen LogP) is 4.58. The molecular weight excluding hydrogens is 427 g/mol. The van der Waals surface area contributed by atoms with E-state index < -0.39 is 29.7 Å². The van der Waals surface area contributed by atoms with Crippen molar-refractivity contribution in [3.05, 3.63) is 89.4 Å². The summed E-state index contributed by atoms with van der Waals surface area (Å²) in [7, 11) is 0. The fourth-order valence-corrected chi connectivity index (χ4v) is 2.87. The molecule has 0 fully saturated rings. The van der Waals surface area contributed by atoms with Gasteiger partial charge in [0.2, 0.25) is 0 Å². The Morgan fingerprint density at radius 1 is 0.969 bits per heavy atom. The van der Waals surface area contributed by atoms with Crippen molar-refractivity contribution >= 4 is 11.9 Å². The van der Waals surface area contributed by atoms with Crippen molar-refractivity contribution in [3.63, 3.8) is 0 Å². The van der Waals surface area contributed by atoms with Crippen LogP contribution in [0.25, 0.3) is 0 Å². The highest BCUT2D eigenvalue weighted by molar-refractivity contribution is 5.92. The van der Waals surface area contributed by atoms with Crippen LogP contribution >= 0.6 is 0 Å². The van der Waals surface area contributed by atoms with Crippen molar-refractivity contribution in [3.8, 4) is 5.75 Å². The average molecular weight is 447 g/mol. The van der Waals surface area contributed by atoms with Crippen LogP contribution < -0.4 is 20.9 Å². The minimum Gasteiger partial charge on any atom is -0.486 e. The van der Waals surface area contributed by atoms with Crippen LogP contribution in [0.15, 0.2) is 71.1 Å². The van der Waals surface area contributed by atoms with E-state index in [0.29, 0.717) is 11.5 Å². The Hall–Kier alpha value is -3.95. The number of carbonyl (C=O) groups excluding carboxylic acids is 2. The number of benzene rings is 2. The highest BCUT2D eigenvalue weighted by atomic mass is 19.4. The molecule has 1 aromatic heterocycles. The first kappa shape index (κ1) is 22.7.